The van der Waals surface area contributed by atoms with Crippen LogP contribution in [0.4, 0.5) is 0 Å². The summed E-state index contributed by atoms with van der Waals surface area (Å²) in [5.74, 6) is 0. The Hall–Kier alpha value is 0.552. The third kappa shape index (κ3) is 20.2. The van der Waals surface area contributed by atoms with Crippen LogP contribution in [0.1, 0.15) is 2.85 Å². The number of hydrogen-bond acceptors (Lipinski definition) is 1. The third-order valence-electron chi connectivity index (χ3n) is 0. The van der Waals surface area contributed by atoms with Crippen molar-refractivity contribution in [3.63, 3.8) is 0 Å². The molecule has 0 saturated heterocycles. The molecule has 0 aliphatic rings. The molecule has 0 saturated carbocycles. The van der Waals surface area contributed by atoms with Gasteiger partial charge in [0.1, 0.15) is 0 Å². The molecular formula is H4BeO2Zn. The molecule has 0 bridgehead atoms. The molecule has 0 atom stereocenters. The van der Waals surface area contributed by atoms with Crippen molar-refractivity contribution in [3.05, 3.63) is 0 Å². The van der Waals surface area contributed by atoms with Gasteiger partial charge in [-0.05, 0) is 0 Å². The third-order valence-corrected chi connectivity index (χ3v) is 0. The van der Waals surface area contributed by atoms with Gasteiger partial charge in [-0.2, -0.15) is 0 Å². The van der Waals surface area contributed by atoms with Gasteiger partial charge in [-0.1, -0.05) is 0 Å². The minimum absolute atomic E-state index is 0. The van der Waals surface area contributed by atoms with Gasteiger partial charge in [0.05, 0.1) is 0 Å². The summed E-state index contributed by atoms with van der Waals surface area (Å²) >= 11 is 0.125. The molecule has 0 unspecified atom stereocenters. The summed E-state index contributed by atoms with van der Waals surface area (Å²) in [6.07, 6.45) is 0. The van der Waals surface area contributed by atoms with Gasteiger partial charge in [-0.25, -0.2) is 0 Å². The summed E-state index contributed by atoms with van der Waals surface area (Å²) < 4.78 is 8.38. The predicted molar refractivity (Wildman–Crippen MR) is 12.3 cm³/mol. The van der Waals surface area contributed by atoms with Crippen molar-refractivity contribution >= 4 is 10.1 Å². The average molecular weight is 110 g/mol. The van der Waals surface area contributed by atoms with Crippen LogP contribution in [0.2, 0.25) is 0 Å². The maximum absolute atomic E-state index is 8.38. The monoisotopic (exact) mass is 109 g/mol. The average Bonchev–Trinajstić information content (AvgIpc) is 1.00. The van der Waals surface area contributed by atoms with Gasteiger partial charge in [0, 0.05) is 0 Å². The molecule has 0 radical (unpaired) electrons. The van der Waals surface area contributed by atoms with Gasteiger partial charge in [-0.3, -0.25) is 0 Å². The molecule has 0 heterocycles. The Kier molecular flexibility index (Phi) is 452. The van der Waals surface area contributed by atoms with Crippen LogP contribution in [-0.2, 0) is 21.8 Å². The zero-order valence-electron chi connectivity index (χ0n) is 4.32. The predicted octanol–water partition coefficient (Wildman–Crippen LogP) is -1.10. The van der Waals surface area contributed by atoms with Crippen molar-refractivity contribution in [3.8, 4) is 0 Å². The molecule has 0 amide bonds. The molecule has 0 aliphatic carbocycles. The van der Waals surface area contributed by atoms with E-state index in [1.807, 2.05) is 0 Å². The Balaban J connectivity index is -0.000000000833. The summed E-state index contributed by atoms with van der Waals surface area (Å²) in [7, 11) is 0. The molecule has 0 spiro atoms. The van der Waals surface area contributed by atoms with Crippen LogP contribution in [0.3, 0.4) is 0 Å². The van der Waals surface area contributed by atoms with Crippen LogP contribution in [0.15, 0.2) is 0 Å². The second kappa shape index (κ2) is 75.9. The SMILES string of the molecule is O.[Be+2].[H-].[H-].[O]=[Zn]. The zero-order valence-corrected chi connectivity index (χ0v) is 5.29. The number of hydrogen-bond donors (Lipinski definition) is 0. The van der Waals surface area contributed by atoms with E-state index in [1.165, 1.54) is 0 Å². The Morgan fingerprint density at radius 2 is 1.50 bits per heavy atom. The van der Waals surface area contributed by atoms with Crippen LogP contribution < -0.4 is 0 Å². The summed E-state index contributed by atoms with van der Waals surface area (Å²) in [5, 5.41) is 0. The van der Waals surface area contributed by atoms with E-state index >= 15 is 0 Å². The molecule has 0 rings (SSSR count). The first-order valence-corrected chi connectivity index (χ1v) is 1.50. The standard InChI is InChI=1S/Be.H2O.O.Zn.2H/h;1H2;;;;/q+2;;;;2*-1. The van der Waals surface area contributed by atoms with Crippen molar-refractivity contribution in [2.24, 2.45) is 0 Å². The second-order valence-electron chi connectivity index (χ2n) is 0. The molecule has 20 valence electrons. The second-order valence-corrected chi connectivity index (χ2v) is 0. The molecule has 2 N–H and O–H groups in total. The van der Waals surface area contributed by atoms with Crippen molar-refractivity contribution in [2.45, 2.75) is 0 Å². The van der Waals surface area contributed by atoms with E-state index in [9.17, 15) is 0 Å². The molecule has 4 heavy (non-hydrogen) atoms. The Labute approximate surface area is 41.0 Å². The van der Waals surface area contributed by atoms with E-state index < -0.39 is 0 Å². The van der Waals surface area contributed by atoms with Gasteiger partial charge in [0.25, 0.3) is 0 Å². The summed E-state index contributed by atoms with van der Waals surface area (Å²) in [4.78, 5) is 0. The van der Waals surface area contributed by atoms with E-state index in [2.05, 4.69) is 0 Å². The molecule has 0 fully saturated rings. The molecule has 4 heteroatoms. The Bertz CT molecular complexity index is 11.5. The summed E-state index contributed by atoms with van der Waals surface area (Å²) in [6.45, 7) is 0. The van der Waals surface area contributed by atoms with Crippen molar-refractivity contribution < 1.29 is 30.2 Å². The van der Waals surface area contributed by atoms with Crippen LogP contribution >= 0.6 is 0 Å². The van der Waals surface area contributed by atoms with E-state index in [4.69, 9.17) is 3.57 Å². The normalized spacial score (nSPS) is 1.50. The Morgan fingerprint density at radius 1 is 1.50 bits per heavy atom. The van der Waals surface area contributed by atoms with Crippen molar-refractivity contribution in [1.82, 2.24) is 0 Å². The fraction of sp³-hybridized carbons (Fsp3) is 0. The first kappa shape index (κ1) is 23.8. The van der Waals surface area contributed by atoms with Gasteiger partial charge in [0.2, 0.25) is 0 Å². The van der Waals surface area contributed by atoms with Gasteiger partial charge < -0.3 is 8.33 Å². The molecule has 0 aliphatic heterocycles. The van der Waals surface area contributed by atoms with Crippen molar-refractivity contribution in [1.29, 1.82) is 0 Å². The van der Waals surface area contributed by atoms with Crippen LogP contribution in [0, 0.1) is 0 Å². The maximum atomic E-state index is 8.38. The van der Waals surface area contributed by atoms with Gasteiger partial charge in [0.15, 0.2) is 0 Å². The molecule has 0 aromatic rings. The fourth-order valence-corrected chi connectivity index (χ4v) is 0. The van der Waals surface area contributed by atoms with Crippen LogP contribution in [-0.4, -0.2) is 15.6 Å². The Morgan fingerprint density at radius 3 is 1.50 bits per heavy atom. The van der Waals surface area contributed by atoms with E-state index in [1.54, 1.807) is 0 Å². The first-order valence-electron chi connectivity index (χ1n) is 0.289. The first-order chi connectivity index (χ1) is 1.00. The van der Waals surface area contributed by atoms with E-state index in [-0.39, 0.29) is 36.7 Å². The fourth-order valence-electron chi connectivity index (χ4n) is 0. The number of rotatable bonds is 0. The van der Waals surface area contributed by atoms with E-state index in [0.717, 1.165) is 0 Å². The zero-order chi connectivity index (χ0) is 2.00. The molecular weight excluding hydrogens is 106 g/mol. The van der Waals surface area contributed by atoms with Gasteiger partial charge >= 0.3 is 31.9 Å². The van der Waals surface area contributed by atoms with E-state index in [0.29, 0.717) is 0 Å². The van der Waals surface area contributed by atoms with Crippen LogP contribution in [0.25, 0.3) is 0 Å². The van der Waals surface area contributed by atoms with Crippen LogP contribution in [0.5, 0.6) is 0 Å². The molecule has 2 nitrogen and oxygen atoms in total. The minimum atomic E-state index is 0. The molecule has 0 aromatic heterocycles. The quantitative estimate of drug-likeness (QED) is 0.365. The summed E-state index contributed by atoms with van der Waals surface area (Å²) in [6, 6.07) is 0. The summed E-state index contributed by atoms with van der Waals surface area (Å²) in [5.41, 5.74) is 0. The van der Waals surface area contributed by atoms with Gasteiger partial charge in [-0.15, -0.1) is 0 Å². The molecule has 0 aromatic carbocycles. The topological polar surface area (TPSA) is 48.6 Å². The van der Waals surface area contributed by atoms with Crippen molar-refractivity contribution in [2.75, 3.05) is 0 Å².